The van der Waals surface area contributed by atoms with Gasteiger partial charge in [-0.3, -0.25) is 10.1 Å². The molecule has 1 atom stereocenters. The second-order valence-corrected chi connectivity index (χ2v) is 4.49. The van der Waals surface area contributed by atoms with E-state index in [-0.39, 0.29) is 11.8 Å². The Balaban J connectivity index is 2.35. The minimum Gasteiger partial charge on any atom is -0.382 e. The monoisotopic (exact) mass is 291 g/mol. The first-order valence-electron chi connectivity index (χ1n) is 6.45. The van der Waals surface area contributed by atoms with Gasteiger partial charge in [0.1, 0.15) is 11.9 Å². The number of nitrogens with one attached hydrogen (secondary N) is 1. The van der Waals surface area contributed by atoms with E-state index in [9.17, 15) is 10.1 Å². The Bertz CT molecular complexity index is 633. The second-order valence-electron chi connectivity index (χ2n) is 4.49. The van der Waals surface area contributed by atoms with E-state index in [1.165, 1.54) is 6.20 Å². The van der Waals surface area contributed by atoms with Crippen LogP contribution >= 0.6 is 0 Å². The standard InChI is InChI=1S/C14H17N3O4/c1-20-9-10(21-2)7-16-14-11-5-3-4-6-12(11)15-8-13(14)17(18)19/h3-6,8,10H,7,9H2,1-2H3,(H,15,16). The summed E-state index contributed by atoms with van der Waals surface area (Å²) in [6.45, 7) is 0.805. The van der Waals surface area contributed by atoms with E-state index in [1.54, 1.807) is 20.3 Å². The van der Waals surface area contributed by atoms with Crippen molar-refractivity contribution in [1.29, 1.82) is 0 Å². The first-order chi connectivity index (χ1) is 10.2. The first kappa shape index (κ1) is 15.1. The molecule has 7 heteroatoms. The highest BCUT2D eigenvalue weighted by Gasteiger charge is 2.19. The number of anilines is 1. The average Bonchev–Trinajstić information content (AvgIpc) is 2.50. The summed E-state index contributed by atoms with van der Waals surface area (Å²) in [5.74, 6) is 0. The largest absolute Gasteiger partial charge is 0.382 e. The number of hydrogen-bond donors (Lipinski definition) is 1. The van der Waals surface area contributed by atoms with Crippen LogP contribution in [0.2, 0.25) is 0 Å². The summed E-state index contributed by atoms with van der Waals surface area (Å²) in [5, 5.41) is 15.0. The zero-order valence-corrected chi connectivity index (χ0v) is 11.9. The van der Waals surface area contributed by atoms with Crippen molar-refractivity contribution in [2.75, 3.05) is 32.7 Å². The summed E-state index contributed by atoms with van der Waals surface area (Å²) in [6.07, 6.45) is 1.07. The van der Waals surface area contributed by atoms with Crippen LogP contribution in [0.1, 0.15) is 0 Å². The minimum atomic E-state index is -0.445. The van der Waals surface area contributed by atoms with E-state index in [2.05, 4.69) is 10.3 Å². The summed E-state index contributed by atoms with van der Waals surface area (Å²) >= 11 is 0. The second kappa shape index (κ2) is 6.96. The average molecular weight is 291 g/mol. The molecule has 1 aromatic heterocycles. The molecular weight excluding hydrogens is 274 g/mol. The number of rotatable bonds is 7. The van der Waals surface area contributed by atoms with E-state index < -0.39 is 4.92 Å². The topological polar surface area (TPSA) is 86.5 Å². The van der Waals surface area contributed by atoms with E-state index in [0.717, 1.165) is 0 Å². The Hall–Kier alpha value is -2.25. The fraction of sp³-hybridized carbons (Fsp3) is 0.357. The predicted octanol–water partition coefficient (Wildman–Crippen LogP) is 2.22. The molecule has 0 saturated heterocycles. The van der Waals surface area contributed by atoms with E-state index in [0.29, 0.717) is 29.7 Å². The molecule has 0 aliphatic carbocycles. The summed E-state index contributed by atoms with van der Waals surface area (Å²) in [5.41, 5.74) is 1.09. The van der Waals surface area contributed by atoms with E-state index in [4.69, 9.17) is 9.47 Å². The Morgan fingerprint density at radius 2 is 2.14 bits per heavy atom. The van der Waals surface area contributed by atoms with Crippen LogP contribution < -0.4 is 5.32 Å². The van der Waals surface area contributed by atoms with Gasteiger partial charge < -0.3 is 14.8 Å². The lowest BCUT2D eigenvalue weighted by molar-refractivity contribution is -0.384. The number of nitrogens with zero attached hydrogens (tertiary/aromatic N) is 2. The van der Waals surface area contributed by atoms with Crippen LogP contribution in [0.15, 0.2) is 30.5 Å². The highest BCUT2D eigenvalue weighted by molar-refractivity contribution is 5.95. The fourth-order valence-corrected chi connectivity index (χ4v) is 2.07. The lowest BCUT2D eigenvalue weighted by Gasteiger charge is -2.16. The number of nitro groups is 1. The summed E-state index contributed by atoms with van der Waals surface area (Å²) in [7, 11) is 3.15. The van der Waals surface area contributed by atoms with Crippen LogP contribution in [0.3, 0.4) is 0 Å². The summed E-state index contributed by atoms with van der Waals surface area (Å²) in [4.78, 5) is 14.8. The Labute approximate surface area is 122 Å². The SMILES string of the molecule is COCC(CNc1c([N+](=O)[O-])cnc2ccccc12)OC. The van der Waals surface area contributed by atoms with Crippen LogP contribution in [-0.4, -0.2) is 43.4 Å². The molecule has 2 rings (SSSR count). The van der Waals surface area contributed by atoms with Gasteiger partial charge in [0, 0.05) is 26.2 Å². The molecule has 7 nitrogen and oxygen atoms in total. The van der Waals surface area contributed by atoms with Crippen molar-refractivity contribution in [2.24, 2.45) is 0 Å². The molecule has 1 unspecified atom stereocenters. The molecular formula is C14H17N3O4. The third-order valence-electron chi connectivity index (χ3n) is 3.14. The van der Waals surface area contributed by atoms with Gasteiger partial charge >= 0.3 is 5.69 Å². The molecule has 1 N–H and O–H groups in total. The van der Waals surface area contributed by atoms with Gasteiger partial charge in [-0.25, -0.2) is 4.98 Å². The lowest BCUT2D eigenvalue weighted by atomic mass is 10.1. The first-order valence-corrected chi connectivity index (χ1v) is 6.45. The van der Waals surface area contributed by atoms with Gasteiger partial charge in [-0.1, -0.05) is 18.2 Å². The molecule has 0 amide bonds. The molecule has 0 bridgehead atoms. The van der Waals surface area contributed by atoms with E-state index >= 15 is 0 Å². The Morgan fingerprint density at radius 3 is 2.81 bits per heavy atom. The van der Waals surface area contributed by atoms with Gasteiger partial charge in [0.2, 0.25) is 0 Å². The number of aromatic nitrogens is 1. The van der Waals surface area contributed by atoms with Crippen LogP contribution in [0.5, 0.6) is 0 Å². The number of pyridine rings is 1. The number of benzene rings is 1. The van der Waals surface area contributed by atoms with Crippen molar-refractivity contribution >= 4 is 22.3 Å². The summed E-state index contributed by atoms with van der Waals surface area (Å²) in [6, 6.07) is 7.28. The number of para-hydroxylation sites is 1. The van der Waals surface area contributed by atoms with Crippen molar-refractivity contribution in [3.8, 4) is 0 Å². The number of methoxy groups -OCH3 is 2. The molecule has 21 heavy (non-hydrogen) atoms. The van der Waals surface area contributed by atoms with E-state index in [1.807, 2.05) is 18.2 Å². The Morgan fingerprint density at radius 1 is 1.38 bits per heavy atom. The van der Waals surface area contributed by atoms with Gasteiger partial charge in [0.25, 0.3) is 0 Å². The van der Waals surface area contributed by atoms with Crippen LogP contribution in [0, 0.1) is 10.1 Å². The normalized spacial score (nSPS) is 12.3. The lowest BCUT2D eigenvalue weighted by Crippen LogP contribution is -2.26. The number of fused-ring (bicyclic) bond motifs is 1. The van der Waals surface area contributed by atoms with Crippen molar-refractivity contribution in [3.05, 3.63) is 40.6 Å². The fourth-order valence-electron chi connectivity index (χ4n) is 2.07. The van der Waals surface area contributed by atoms with Gasteiger partial charge in [-0.2, -0.15) is 0 Å². The van der Waals surface area contributed by atoms with Crippen molar-refractivity contribution in [3.63, 3.8) is 0 Å². The van der Waals surface area contributed by atoms with Gasteiger partial charge in [-0.15, -0.1) is 0 Å². The molecule has 0 spiro atoms. The number of ether oxygens (including phenoxy) is 2. The molecule has 1 aromatic carbocycles. The minimum absolute atomic E-state index is 0.0547. The zero-order valence-electron chi connectivity index (χ0n) is 11.9. The van der Waals surface area contributed by atoms with Crippen molar-refractivity contribution in [1.82, 2.24) is 4.98 Å². The van der Waals surface area contributed by atoms with Gasteiger partial charge in [0.05, 0.1) is 23.2 Å². The maximum Gasteiger partial charge on any atom is 0.311 e. The molecule has 112 valence electrons. The quantitative estimate of drug-likeness (QED) is 0.621. The Kier molecular flexibility index (Phi) is 5.02. The molecule has 1 heterocycles. The highest BCUT2D eigenvalue weighted by Crippen LogP contribution is 2.31. The smallest absolute Gasteiger partial charge is 0.311 e. The third-order valence-corrected chi connectivity index (χ3v) is 3.14. The zero-order chi connectivity index (χ0) is 15.2. The maximum absolute atomic E-state index is 11.2. The van der Waals surface area contributed by atoms with Crippen molar-refractivity contribution in [2.45, 2.75) is 6.10 Å². The number of hydrogen-bond acceptors (Lipinski definition) is 6. The predicted molar refractivity (Wildman–Crippen MR) is 79.6 cm³/mol. The molecule has 0 saturated carbocycles. The molecule has 0 fully saturated rings. The maximum atomic E-state index is 11.2. The van der Waals surface area contributed by atoms with Crippen LogP contribution in [-0.2, 0) is 9.47 Å². The van der Waals surface area contributed by atoms with Crippen LogP contribution in [0.25, 0.3) is 10.9 Å². The summed E-state index contributed by atoms with van der Waals surface area (Å²) < 4.78 is 10.3. The molecule has 2 aromatic rings. The van der Waals surface area contributed by atoms with Gasteiger partial charge in [0.15, 0.2) is 0 Å². The third kappa shape index (κ3) is 3.45. The highest BCUT2D eigenvalue weighted by atomic mass is 16.6. The van der Waals surface area contributed by atoms with Gasteiger partial charge in [-0.05, 0) is 6.07 Å². The molecule has 0 radical (unpaired) electrons. The van der Waals surface area contributed by atoms with Crippen LogP contribution in [0.4, 0.5) is 11.4 Å². The molecule has 0 aliphatic heterocycles. The molecule has 0 aliphatic rings. The van der Waals surface area contributed by atoms with Crippen molar-refractivity contribution < 1.29 is 14.4 Å².